The highest BCUT2D eigenvalue weighted by Crippen LogP contribution is 2.09. The summed E-state index contributed by atoms with van der Waals surface area (Å²) in [7, 11) is -2.74. The number of benzene rings is 1. The van der Waals surface area contributed by atoms with E-state index in [2.05, 4.69) is 4.74 Å². The molecular weight excluding hydrogens is 144 g/mol. The lowest BCUT2D eigenvalue weighted by atomic mass is 10.2. The number of esters is 1. The second kappa shape index (κ2) is 3.05. The molecule has 0 saturated heterocycles. The van der Waals surface area contributed by atoms with Gasteiger partial charge in [-0.2, -0.15) is 0 Å². The summed E-state index contributed by atoms with van der Waals surface area (Å²) in [5, 5.41) is 8.91. The number of carbonyl (C=O) groups is 1. The highest BCUT2D eigenvalue weighted by Gasteiger charge is 2.02. The van der Waals surface area contributed by atoms with Crippen LogP contribution < -0.4 is 0 Å². The first-order valence-electron chi connectivity index (χ1n) is 4.41. The molecule has 0 bridgehead atoms. The summed E-state index contributed by atoms with van der Waals surface area (Å²) in [5.41, 5.74) is 0.0823. The molecule has 0 aromatic heterocycles. The van der Waals surface area contributed by atoms with Gasteiger partial charge in [-0.05, 0) is 24.3 Å². The molecule has 1 aromatic rings. The zero-order chi connectivity index (χ0) is 10.8. The third-order valence-electron chi connectivity index (χ3n) is 1.20. The lowest BCUT2D eigenvalue weighted by Crippen LogP contribution is -1.99. The number of carbonyl (C=O) groups excluding carboxylic acids is 1. The van der Waals surface area contributed by atoms with E-state index in [9.17, 15) is 4.79 Å². The van der Waals surface area contributed by atoms with Gasteiger partial charge in [-0.25, -0.2) is 4.79 Å². The Morgan fingerprint density at radius 1 is 1.55 bits per heavy atom. The van der Waals surface area contributed by atoms with Gasteiger partial charge in [0, 0.05) is 0 Å². The molecule has 3 nitrogen and oxygen atoms in total. The minimum absolute atomic E-state index is 0.00423. The Bertz CT molecular complexity index is 329. The fraction of sp³-hybridized carbons (Fsp3) is 0.125. The van der Waals surface area contributed by atoms with Crippen LogP contribution in [0, 0.1) is 0 Å². The van der Waals surface area contributed by atoms with Crippen molar-refractivity contribution in [2.24, 2.45) is 0 Å². The van der Waals surface area contributed by atoms with Crippen molar-refractivity contribution in [1.82, 2.24) is 0 Å². The van der Waals surface area contributed by atoms with Gasteiger partial charge in [0.1, 0.15) is 5.75 Å². The Morgan fingerprint density at radius 3 is 2.73 bits per heavy atom. The van der Waals surface area contributed by atoms with Crippen LogP contribution in [0.4, 0.5) is 0 Å². The van der Waals surface area contributed by atoms with Gasteiger partial charge in [-0.3, -0.25) is 0 Å². The van der Waals surface area contributed by atoms with Crippen LogP contribution in [0.3, 0.4) is 0 Å². The van der Waals surface area contributed by atoms with Gasteiger partial charge in [0.05, 0.1) is 16.7 Å². The molecule has 0 amide bonds. The number of phenolic OH excluding ortho intramolecular Hbond substituents is 1. The zero-order valence-corrected chi connectivity index (χ0v) is 5.57. The lowest BCUT2D eigenvalue weighted by molar-refractivity contribution is 0.0601. The summed E-state index contributed by atoms with van der Waals surface area (Å²) in [5.74, 6) is -0.944. The maximum absolute atomic E-state index is 11.1. The maximum Gasteiger partial charge on any atom is 0.337 e. The molecule has 3 heteroatoms. The molecule has 0 aliphatic rings. The minimum Gasteiger partial charge on any atom is -0.508 e. The Hall–Kier alpha value is -1.51. The van der Waals surface area contributed by atoms with Crippen LogP contribution in [0.1, 0.15) is 14.5 Å². The van der Waals surface area contributed by atoms with Crippen molar-refractivity contribution >= 4 is 5.97 Å². The second-order valence-electron chi connectivity index (χ2n) is 1.94. The third-order valence-corrected chi connectivity index (χ3v) is 1.20. The van der Waals surface area contributed by atoms with Crippen LogP contribution >= 0.6 is 0 Å². The largest absolute Gasteiger partial charge is 0.508 e. The smallest absolute Gasteiger partial charge is 0.337 e. The second-order valence-corrected chi connectivity index (χ2v) is 1.94. The van der Waals surface area contributed by atoms with Gasteiger partial charge in [0.25, 0.3) is 0 Å². The van der Waals surface area contributed by atoms with Crippen molar-refractivity contribution in [3.8, 4) is 5.75 Å². The predicted molar refractivity (Wildman–Crippen MR) is 39.4 cm³/mol. The van der Waals surface area contributed by atoms with E-state index < -0.39 is 13.0 Å². The van der Waals surface area contributed by atoms with E-state index in [0.717, 1.165) is 0 Å². The van der Waals surface area contributed by atoms with Crippen LogP contribution in [-0.4, -0.2) is 18.1 Å². The van der Waals surface area contributed by atoms with Crippen molar-refractivity contribution in [2.45, 2.75) is 0 Å². The first-order chi connectivity index (χ1) is 6.38. The number of methoxy groups -OCH3 is 1. The number of hydrogen-bond acceptors (Lipinski definition) is 3. The number of phenols is 1. The van der Waals surface area contributed by atoms with Crippen molar-refractivity contribution < 1.29 is 18.8 Å². The topological polar surface area (TPSA) is 46.5 Å². The minimum atomic E-state index is -2.74. The molecule has 1 rings (SSSR count). The summed E-state index contributed by atoms with van der Waals surface area (Å²) >= 11 is 0. The molecule has 0 spiro atoms. The van der Waals surface area contributed by atoms with E-state index in [4.69, 9.17) is 9.22 Å². The SMILES string of the molecule is [2H]C([2H])([2H])OC(=O)c1ccc(O)cc1. The normalized spacial score (nSPS) is 14.4. The summed E-state index contributed by atoms with van der Waals surface area (Å²) in [6.07, 6.45) is 0. The van der Waals surface area contributed by atoms with Crippen molar-refractivity contribution in [2.75, 3.05) is 7.04 Å². The fourth-order valence-corrected chi connectivity index (χ4v) is 0.656. The number of hydrogen-bond donors (Lipinski definition) is 1. The summed E-state index contributed by atoms with van der Waals surface area (Å²) in [6, 6.07) is 5.11. The molecule has 0 fully saturated rings. The van der Waals surface area contributed by atoms with E-state index in [-0.39, 0.29) is 11.3 Å². The molecule has 1 N–H and O–H groups in total. The van der Waals surface area contributed by atoms with Crippen LogP contribution in [0.5, 0.6) is 5.75 Å². The van der Waals surface area contributed by atoms with E-state index in [0.29, 0.717) is 0 Å². The maximum atomic E-state index is 11.1. The molecule has 0 atom stereocenters. The number of aromatic hydroxyl groups is 1. The van der Waals surface area contributed by atoms with Gasteiger partial charge < -0.3 is 9.84 Å². The van der Waals surface area contributed by atoms with Gasteiger partial charge in [-0.1, -0.05) is 0 Å². The average molecular weight is 155 g/mol. The molecule has 0 heterocycles. The Morgan fingerprint density at radius 2 is 2.18 bits per heavy atom. The van der Waals surface area contributed by atoms with E-state index in [1.165, 1.54) is 24.3 Å². The summed E-state index contributed by atoms with van der Waals surface area (Å²) < 4.78 is 24.2. The first-order valence-corrected chi connectivity index (χ1v) is 2.91. The molecular formula is C8H8O3. The van der Waals surface area contributed by atoms with E-state index >= 15 is 0 Å². The fourth-order valence-electron chi connectivity index (χ4n) is 0.656. The van der Waals surface area contributed by atoms with Gasteiger partial charge in [-0.15, -0.1) is 0 Å². The van der Waals surface area contributed by atoms with Gasteiger partial charge in [0.2, 0.25) is 0 Å². The Balaban J connectivity index is 2.76. The van der Waals surface area contributed by atoms with E-state index in [1.54, 1.807) is 0 Å². The average Bonchev–Trinajstić information content (AvgIpc) is 2.02. The quantitative estimate of drug-likeness (QED) is 0.619. The number of ether oxygens (including phenoxy) is 1. The van der Waals surface area contributed by atoms with Crippen LogP contribution in [0.25, 0.3) is 0 Å². The molecule has 0 radical (unpaired) electrons. The van der Waals surface area contributed by atoms with Gasteiger partial charge >= 0.3 is 5.97 Å². The third kappa shape index (κ3) is 1.70. The first kappa shape index (κ1) is 4.38. The van der Waals surface area contributed by atoms with Crippen LogP contribution in [0.15, 0.2) is 24.3 Å². The zero-order valence-electron chi connectivity index (χ0n) is 8.57. The summed E-state index contributed by atoms with van der Waals surface area (Å²) in [6.45, 7) is 0. The van der Waals surface area contributed by atoms with Crippen molar-refractivity contribution in [3.63, 3.8) is 0 Å². The molecule has 58 valence electrons. The predicted octanol–water partition coefficient (Wildman–Crippen LogP) is 1.18. The molecule has 0 saturated carbocycles. The monoisotopic (exact) mass is 155 g/mol. The lowest BCUT2D eigenvalue weighted by Gasteiger charge is -1.97. The number of rotatable bonds is 1. The highest BCUT2D eigenvalue weighted by atomic mass is 16.5. The van der Waals surface area contributed by atoms with Crippen LogP contribution in [-0.2, 0) is 4.74 Å². The molecule has 0 aliphatic carbocycles. The summed E-state index contributed by atoms with van der Waals surface area (Å²) in [4.78, 5) is 11.1. The molecule has 1 aromatic carbocycles. The molecule has 0 aliphatic heterocycles. The van der Waals surface area contributed by atoms with Crippen LogP contribution in [0.2, 0.25) is 0 Å². The molecule has 0 unspecified atom stereocenters. The Kier molecular flexibility index (Phi) is 1.22. The van der Waals surface area contributed by atoms with E-state index in [1.807, 2.05) is 0 Å². The Labute approximate surface area is 68.4 Å². The highest BCUT2D eigenvalue weighted by molar-refractivity contribution is 5.89. The van der Waals surface area contributed by atoms with Gasteiger partial charge in [0.15, 0.2) is 0 Å². The van der Waals surface area contributed by atoms with Crippen molar-refractivity contribution in [1.29, 1.82) is 0 Å². The van der Waals surface area contributed by atoms with Crippen molar-refractivity contribution in [3.05, 3.63) is 29.8 Å². The standard InChI is InChI=1S/C8H8O3/c1-11-8(10)6-2-4-7(9)5-3-6/h2-5,9H,1H3/i1D3. The molecule has 11 heavy (non-hydrogen) atoms.